The SMILES string of the molecule is c1ccc(-c2ccc(-c3nc(-c4ccccc4)nc(-c4cccc(-c5ccc(-c6cc7c8ccccc8c8ccccc8c7c7ccccc67)cc5)c4)n3)cc2)cc1. The predicted molar refractivity (Wildman–Crippen MR) is 242 cm³/mol. The van der Waals surface area contributed by atoms with Gasteiger partial charge in [0.2, 0.25) is 0 Å². The normalized spacial score (nSPS) is 11.4. The first-order valence-corrected chi connectivity index (χ1v) is 19.7. The maximum atomic E-state index is 5.06. The summed E-state index contributed by atoms with van der Waals surface area (Å²) in [6.45, 7) is 0. The number of nitrogens with zero attached hydrogens (tertiary/aromatic N) is 3. The van der Waals surface area contributed by atoms with Crippen molar-refractivity contribution in [3.8, 4) is 67.5 Å². The number of hydrogen-bond acceptors (Lipinski definition) is 3. The van der Waals surface area contributed by atoms with E-state index >= 15 is 0 Å². The molecule has 3 nitrogen and oxygen atoms in total. The first-order valence-electron chi connectivity index (χ1n) is 19.7. The van der Waals surface area contributed by atoms with Crippen LogP contribution < -0.4 is 0 Å². The number of fused-ring (bicyclic) bond motifs is 8. The summed E-state index contributed by atoms with van der Waals surface area (Å²) in [6, 6.07) is 75.3. The van der Waals surface area contributed by atoms with Gasteiger partial charge in [0, 0.05) is 16.7 Å². The smallest absolute Gasteiger partial charge is 0.164 e. The third kappa shape index (κ3) is 5.89. The number of aromatic nitrogens is 3. The van der Waals surface area contributed by atoms with Gasteiger partial charge in [0.15, 0.2) is 17.5 Å². The zero-order valence-electron chi connectivity index (χ0n) is 31.5. The maximum Gasteiger partial charge on any atom is 0.164 e. The van der Waals surface area contributed by atoms with E-state index in [1.54, 1.807) is 0 Å². The summed E-state index contributed by atoms with van der Waals surface area (Å²) in [5, 5.41) is 10.2. The molecule has 0 saturated heterocycles. The number of rotatable bonds is 6. The molecule has 0 bridgehead atoms. The van der Waals surface area contributed by atoms with Gasteiger partial charge >= 0.3 is 0 Å². The molecule has 0 radical (unpaired) electrons. The molecule has 11 aromatic rings. The average Bonchev–Trinajstić information content (AvgIpc) is 3.32. The van der Waals surface area contributed by atoms with Gasteiger partial charge in [-0.2, -0.15) is 0 Å². The lowest BCUT2D eigenvalue weighted by molar-refractivity contribution is 1.07. The van der Waals surface area contributed by atoms with Crippen LogP contribution in [0.2, 0.25) is 0 Å². The van der Waals surface area contributed by atoms with Gasteiger partial charge in [-0.15, -0.1) is 0 Å². The van der Waals surface area contributed by atoms with Crippen molar-refractivity contribution in [1.29, 1.82) is 0 Å². The van der Waals surface area contributed by atoms with Gasteiger partial charge < -0.3 is 0 Å². The van der Waals surface area contributed by atoms with Gasteiger partial charge in [0.1, 0.15) is 0 Å². The molecule has 0 amide bonds. The van der Waals surface area contributed by atoms with Crippen LogP contribution in [0.15, 0.2) is 212 Å². The minimum Gasteiger partial charge on any atom is -0.208 e. The van der Waals surface area contributed by atoms with Gasteiger partial charge in [0.05, 0.1) is 0 Å². The van der Waals surface area contributed by atoms with Crippen LogP contribution in [-0.4, -0.2) is 15.0 Å². The van der Waals surface area contributed by atoms with E-state index < -0.39 is 0 Å². The molecule has 0 atom stereocenters. The van der Waals surface area contributed by atoms with E-state index in [0.29, 0.717) is 17.5 Å². The van der Waals surface area contributed by atoms with Crippen LogP contribution in [0.25, 0.3) is 111 Å². The lowest BCUT2D eigenvalue weighted by Gasteiger charge is -2.16. The van der Waals surface area contributed by atoms with Crippen molar-refractivity contribution < 1.29 is 0 Å². The first-order chi connectivity index (χ1) is 28.7. The minimum absolute atomic E-state index is 0.636. The Bertz CT molecular complexity index is 3300. The van der Waals surface area contributed by atoms with E-state index in [9.17, 15) is 0 Å². The summed E-state index contributed by atoms with van der Waals surface area (Å²) in [5.41, 5.74) is 9.78. The highest BCUT2D eigenvalue weighted by Crippen LogP contribution is 2.43. The lowest BCUT2D eigenvalue weighted by atomic mass is 9.87. The molecule has 0 fully saturated rings. The molecule has 0 saturated carbocycles. The molecule has 270 valence electrons. The van der Waals surface area contributed by atoms with Crippen molar-refractivity contribution in [2.24, 2.45) is 0 Å². The monoisotopic (exact) mass is 737 g/mol. The Morgan fingerprint density at radius 3 is 1.19 bits per heavy atom. The second-order valence-corrected chi connectivity index (χ2v) is 14.8. The van der Waals surface area contributed by atoms with Crippen LogP contribution in [0.3, 0.4) is 0 Å². The van der Waals surface area contributed by atoms with Crippen LogP contribution in [0.4, 0.5) is 0 Å². The molecule has 0 aliphatic heterocycles. The maximum absolute atomic E-state index is 5.06. The molecule has 3 heteroatoms. The van der Waals surface area contributed by atoms with Crippen LogP contribution in [-0.2, 0) is 0 Å². The second kappa shape index (κ2) is 14.1. The first kappa shape index (κ1) is 33.6. The fraction of sp³-hybridized carbons (Fsp3) is 0. The van der Waals surface area contributed by atoms with Gasteiger partial charge in [-0.3, -0.25) is 0 Å². The summed E-state index contributed by atoms with van der Waals surface area (Å²) in [5.74, 6) is 1.92. The molecule has 0 unspecified atom stereocenters. The molecule has 58 heavy (non-hydrogen) atoms. The molecule has 1 heterocycles. The largest absolute Gasteiger partial charge is 0.208 e. The standard InChI is InChI=1S/C55H35N3/c1-3-14-36(15-4-1)37-28-32-41(33-29-37)54-56-53(40-16-5-2-6-17-40)57-55(58-54)43-19-13-18-42(34-43)38-26-30-39(31-27-38)50-35-51-46-22-8-7-20-44(46)45-21-9-11-24-48(45)52(51)49-25-12-10-23-47(49)50/h1-35H. The van der Waals surface area contributed by atoms with Crippen LogP contribution in [0.1, 0.15) is 0 Å². The van der Waals surface area contributed by atoms with E-state index in [1.807, 2.05) is 36.4 Å². The van der Waals surface area contributed by atoms with Gasteiger partial charge in [-0.1, -0.05) is 200 Å². The quantitative estimate of drug-likeness (QED) is 0.160. The van der Waals surface area contributed by atoms with Crippen molar-refractivity contribution >= 4 is 43.1 Å². The fourth-order valence-electron chi connectivity index (χ4n) is 8.48. The highest BCUT2D eigenvalue weighted by Gasteiger charge is 2.16. The van der Waals surface area contributed by atoms with E-state index in [2.05, 4.69) is 176 Å². The highest BCUT2D eigenvalue weighted by molar-refractivity contribution is 6.33. The van der Waals surface area contributed by atoms with Gasteiger partial charge in [-0.25, -0.2) is 15.0 Å². The molecule has 0 N–H and O–H groups in total. The third-order valence-electron chi connectivity index (χ3n) is 11.3. The van der Waals surface area contributed by atoms with E-state index in [-0.39, 0.29) is 0 Å². The Labute approximate surface area is 336 Å². The van der Waals surface area contributed by atoms with Crippen molar-refractivity contribution in [3.05, 3.63) is 212 Å². The highest BCUT2D eigenvalue weighted by atomic mass is 15.0. The molecular formula is C55H35N3. The van der Waals surface area contributed by atoms with Crippen molar-refractivity contribution in [2.45, 2.75) is 0 Å². The second-order valence-electron chi connectivity index (χ2n) is 14.8. The Morgan fingerprint density at radius 2 is 0.569 bits per heavy atom. The molecule has 11 rings (SSSR count). The number of hydrogen-bond donors (Lipinski definition) is 0. The summed E-state index contributed by atoms with van der Waals surface area (Å²) in [4.78, 5) is 15.1. The zero-order valence-corrected chi connectivity index (χ0v) is 31.5. The Hall–Kier alpha value is -7.75. The van der Waals surface area contributed by atoms with Gasteiger partial charge in [0.25, 0.3) is 0 Å². The lowest BCUT2D eigenvalue weighted by Crippen LogP contribution is -2.00. The zero-order chi connectivity index (χ0) is 38.4. The summed E-state index contributed by atoms with van der Waals surface area (Å²) >= 11 is 0. The Kier molecular flexibility index (Phi) is 8.15. The molecule has 10 aromatic carbocycles. The van der Waals surface area contributed by atoms with Crippen LogP contribution >= 0.6 is 0 Å². The summed E-state index contributed by atoms with van der Waals surface area (Å²) < 4.78 is 0. The topological polar surface area (TPSA) is 38.7 Å². The average molecular weight is 738 g/mol. The number of benzene rings is 10. The predicted octanol–water partition coefficient (Wildman–Crippen LogP) is 14.5. The summed E-state index contributed by atoms with van der Waals surface area (Å²) in [6.07, 6.45) is 0. The fourth-order valence-corrected chi connectivity index (χ4v) is 8.48. The van der Waals surface area contributed by atoms with Crippen molar-refractivity contribution in [2.75, 3.05) is 0 Å². The molecule has 1 aromatic heterocycles. The molecule has 0 spiro atoms. The molecule has 0 aliphatic rings. The third-order valence-corrected chi connectivity index (χ3v) is 11.3. The van der Waals surface area contributed by atoms with E-state index in [1.165, 1.54) is 59.8 Å². The van der Waals surface area contributed by atoms with Crippen molar-refractivity contribution in [3.63, 3.8) is 0 Å². The van der Waals surface area contributed by atoms with E-state index in [4.69, 9.17) is 15.0 Å². The Morgan fingerprint density at radius 1 is 0.207 bits per heavy atom. The van der Waals surface area contributed by atoms with Crippen LogP contribution in [0, 0.1) is 0 Å². The molecule has 0 aliphatic carbocycles. The van der Waals surface area contributed by atoms with Crippen molar-refractivity contribution in [1.82, 2.24) is 15.0 Å². The minimum atomic E-state index is 0.636. The Balaban J connectivity index is 0.990. The van der Waals surface area contributed by atoms with Crippen LogP contribution in [0.5, 0.6) is 0 Å². The summed E-state index contributed by atoms with van der Waals surface area (Å²) in [7, 11) is 0. The van der Waals surface area contributed by atoms with E-state index in [0.717, 1.165) is 33.4 Å². The van der Waals surface area contributed by atoms with Gasteiger partial charge in [-0.05, 0) is 88.6 Å². The molecular weight excluding hydrogens is 703 g/mol.